The standard InChI is InChI=1S/C10H17NO3/c12-10(5-8-1-3-11-6-8)14-9-2-4-13-7-9/h8-9,11H,1-7H2. The van der Waals surface area contributed by atoms with Gasteiger partial charge in [0.15, 0.2) is 0 Å². The van der Waals surface area contributed by atoms with Crippen LogP contribution in [0.15, 0.2) is 0 Å². The van der Waals surface area contributed by atoms with Gasteiger partial charge in [-0.2, -0.15) is 0 Å². The summed E-state index contributed by atoms with van der Waals surface area (Å²) in [4.78, 5) is 11.4. The van der Waals surface area contributed by atoms with Gasteiger partial charge in [-0.15, -0.1) is 0 Å². The molecule has 2 unspecified atom stereocenters. The van der Waals surface area contributed by atoms with Crippen molar-refractivity contribution in [1.29, 1.82) is 0 Å². The fraction of sp³-hybridized carbons (Fsp3) is 0.900. The van der Waals surface area contributed by atoms with E-state index in [0.717, 1.165) is 32.5 Å². The van der Waals surface area contributed by atoms with Gasteiger partial charge in [0, 0.05) is 12.8 Å². The minimum Gasteiger partial charge on any atom is -0.460 e. The second-order valence-electron chi connectivity index (χ2n) is 4.04. The largest absolute Gasteiger partial charge is 0.460 e. The molecule has 0 saturated carbocycles. The quantitative estimate of drug-likeness (QED) is 0.665. The molecular weight excluding hydrogens is 182 g/mol. The Balaban J connectivity index is 1.66. The number of hydrogen-bond donors (Lipinski definition) is 1. The summed E-state index contributed by atoms with van der Waals surface area (Å²) < 4.78 is 10.4. The summed E-state index contributed by atoms with van der Waals surface area (Å²) in [7, 11) is 0. The second kappa shape index (κ2) is 4.75. The second-order valence-corrected chi connectivity index (χ2v) is 4.04. The molecule has 0 bridgehead atoms. The molecule has 2 aliphatic heterocycles. The number of rotatable bonds is 3. The summed E-state index contributed by atoms with van der Waals surface area (Å²) in [6.45, 7) is 3.29. The minimum absolute atomic E-state index is 0.0110. The predicted octanol–water partition coefficient (Wildman–Crippen LogP) is 0.318. The molecule has 2 atom stereocenters. The van der Waals surface area contributed by atoms with Crippen LogP contribution >= 0.6 is 0 Å². The van der Waals surface area contributed by atoms with Gasteiger partial charge in [-0.25, -0.2) is 0 Å². The number of carbonyl (C=O) groups excluding carboxylic acids is 1. The molecule has 2 fully saturated rings. The summed E-state index contributed by atoms with van der Waals surface area (Å²) in [5.74, 6) is 0.416. The van der Waals surface area contributed by atoms with E-state index in [1.807, 2.05) is 0 Å². The van der Waals surface area contributed by atoms with E-state index in [1.165, 1.54) is 0 Å². The van der Waals surface area contributed by atoms with Crippen LogP contribution in [0, 0.1) is 5.92 Å². The maximum absolute atomic E-state index is 11.4. The maximum atomic E-state index is 11.4. The van der Waals surface area contributed by atoms with E-state index in [2.05, 4.69) is 5.32 Å². The lowest BCUT2D eigenvalue weighted by Gasteiger charge is -2.12. The molecule has 2 saturated heterocycles. The Morgan fingerprint density at radius 1 is 1.50 bits per heavy atom. The highest BCUT2D eigenvalue weighted by Crippen LogP contribution is 2.15. The number of esters is 1. The van der Waals surface area contributed by atoms with Crippen molar-refractivity contribution >= 4 is 5.97 Å². The van der Waals surface area contributed by atoms with E-state index in [-0.39, 0.29) is 12.1 Å². The van der Waals surface area contributed by atoms with Gasteiger partial charge in [-0.3, -0.25) is 4.79 Å². The Morgan fingerprint density at radius 3 is 3.07 bits per heavy atom. The molecule has 0 amide bonds. The van der Waals surface area contributed by atoms with Gasteiger partial charge in [0.1, 0.15) is 6.10 Å². The van der Waals surface area contributed by atoms with Crippen molar-refractivity contribution in [3.63, 3.8) is 0 Å². The van der Waals surface area contributed by atoms with Crippen LogP contribution in [0.5, 0.6) is 0 Å². The SMILES string of the molecule is O=C(CC1CCNC1)OC1CCOC1. The van der Waals surface area contributed by atoms with Gasteiger partial charge in [0.2, 0.25) is 0 Å². The molecule has 4 nitrogen and oxygen atoms in total. The number of nitrogens with one attached hydrogen (secondary N) is 1. The fourth-order valence-electron chi connectivity index (χ4n) is 1.96. The highest BCUT2D eigenvalue weighted by Gasteiger charge is 2.23. The van der Waals surface area contributed by atoms with Crippen LogP contribution in [-0.2, 0) is 14.3 Å². The molecule has 0 spiro atoms. The van der Waals surface area contributed by atoms with Crippen molar-refractivity contribution in [1.82, 2.24) is 5.32 Å². The normalized spacial score (nSPS) is 32.0. The maximum Gasteiger partial charge on any atom is 0.306 e. The molecular formula is C10H17NO3. The summed E-state index contributed by atoms with van der Waals surface area (Å²) in [5.41, 5.74) is 0. The van der Waals surface area contributed by atoms with Crippen molar-refractivity contribution in [2.75, 3.05) is 26.3 Å². The summed E-state index contributed by atoms with van der Waals surface area (Å²) in [6, 6.07) is 0. The predicted molar refractivity (Wildman–Crippen MR) is 50.9 cm³/mol. The molecule has 14 heavy (non-hydrogen) atoms. The molecule has 2 aliphatic rings. The molecule has 0 aromatic heterocycles. The van der Waals surface area contributed by atoms with Crippen molar-refractivity contribution in [3.05, 3.63) is 0 Å². The Morgan fingerprint density at radius 2 is 2.43 bits per heavy atom. The van der Waals surface area contributed by atoms with Gasteiger partial charge in [0.25, 0.3) is 0 Å². The number of ether oxygens (including phenoxy) is 2. The van der Waals surface area contributed by atoms with E-state index in [0.29, 0.717) is 18.9 Å². The van der Waals surface area contributed by atoms with Crippen molar-refractivity contribution in [2.45, 2.75) is 25.4 Å². The first-order valence-corrected chi connectivity index (χ1v) is 5.32. The molecule has 0 aromatic carbocycles. The van der Waals surface area contributed by atoms with Crippen LogP contribution in [0.1, 0.15) is 19.3 Å². The first kappa shape index (κ1) is 9.93. The average Bonchev–Trinajstić information content (AvgIpc) is 2.76. The van der Waals surface area contributed by atoms with Gasteiger partial charge in [-0.1, -0.05) is 0 Å². The van der Waals surface area contributed by atoms with Gasteiger partial charge < -0.3 is 14.8 Å². The smallest absolute Gasteiger partial charge is 0.306 e. The molecule has 1 N–H and O–H groups in total. The highest BCUT2D eigenvalue weighted by molar-refractivity contribution is 5.70. The molecule has 80 valence electrons. The first-order chi connectivity index (χ1) is 6.84. The van der Waals surface area contributed by atoms with Crippen LogP contribution in [0.25, 0.3) is 0 Å². The van der Waals surface area contributed by atoms with Gasteiger partial charge in [0.05, 0.1) is 13.2 Å². The first-order valence-electron chi connectivity index (χ1n) is 5.32. The molecule has 0 aromatic rings. The number of carbonyl (C=O) groups is 1. The lowest BCUT2D eigenvalue weighted by Crippen LogP contribution is -2.21. The number of hydrogen-bond acceptors (Lipinski definition) is 4. The fourth-order valence-corrected chi connectivity index (χ4v) is 1.96. The van der Waals surface area contributed by atoms with Crippen LogP contribution in [-0.4, -0.2) is 38.4 Å². The average molecular weight is 199 g/mol. The van der Waals surface area contributed by atoms with Gasteiger partial charge >= 0.3 is 5.97 Å². The zero-order valence-corrected chi connectivity index (χ0v) is 8.33. The Hall–Kier alpha value is -0.610. The lowest BCUT2D eigenvalue weighted by molar-refractivity contribution is -0.150. The Kier molecular flexibility index (Phi) is 3.37. The van der Waals surface area contributed by atoms with Crippen molar-refractivity contribution in [3.8, 4) is 0 Å². The molecule has 2 heterocycles. The summed E-state index contributed by atoms with van der Waals surface area (Å²) in [6.07, 6.45) is 2.52. The van der Waals surface area contributed by atoms with E-state index < -0.39 is 0 Å². The molecule has 4 heteroatoms. The highest BCUT2D eigenvalue weighted by atomic mass is 16.6. The van der Waals surface area contributed by atoms with Gasteiger partial charge in [-0.05, 0) is 25.4 Å². The third-order valence-corrected chi connectivity index (χ3v) is 2.80. The monoisotopic (exact) mass is 199 g/mol. The summed E-state index contributed by atoms with van der Waals surface area (Å²) >= 11 is 0. The van der Waals surface area contributed by atoms with E-state index >= 15 is 0 Å². The van der Waals surface area contributed by atoms with Crippen molar-refractivity contribution in [2.24, 2.45) is 5.92 Å². The summed E-state index contributed by atoms with van der Waals surface area (Å²) in [5, 5.41) is 3.24. The molecule has 0 radical (unpaired) electrons. The minimum atomic E-state index is -0.0609. The van der Waals surface area contributed by atoms with Crippen LogP contribution in [0.2, 0.25) is 0 Å². The zero-order valence-electron chi connectivity index (χ0n) is 8.33. The van der Waals surface area contributed by atoms with Crippen LogP contribution in [0.4, 0.5) is 0 Å². The topological polar surface area (TPSA) is 47.6 Å². The Labute approximate surface area is 84.0 Å². The van der Waals surface area contributed by atoms with Crippen LogP contribution < -0.4 is 5.32 Å². The third-order valence-electron chi connectivity index (χ3n) is 2.80. The third kappa shape index (κ3) is 2.69. The van der Waals surface area contributed by atoms with E-state index in [4.69, 9.17) is 9.47 Å². The zero-order chi connectivity index (χ0) is 9.80. The van der Waals surface area contributed by atoms with Crippen molar-refractivity contribution < 1.29 is 14.3 Å². The molecule has 0 aliphatic carbocycles. The van der Waals surface area contributed by atoms with Crippen LogP contribution in [0.3, 0.4) is 0 Å². The lowest BCUT2D eigenvalue weighted by atomic mass is 10.1. The Bertz CT molecular complexity index is 176. The molecule has 2 rings (SSSR count). The van der Waals surface area contributed by atoms with E-state index in [1.54, 1.807) is 0 Å². The van der Waals surface area contributed by atoms with E-state index in [9.17, 15) is 4.79 Å².